The number of hydrogen-bond donors (Lipinski definition) is 2. The van der Waals surface area contributed by atoms with E-state index in [1.807, 2.05) is 18.2 Å². The van der Waals surface area contributed by atoms with Crippen LogP contribution in [0.3, 0.4) is 0 Å². The van der Waals surface area contributed by atoms with E-state index in [0.29, 0.717) is 37.6 Å². The molecule has 21 heavy (non-hydrogen) atoms. The average Bonchev–Trinajstić information content (AvgIpc) is 2.96. The Kier molecular flexibility index (Phi) is 5.60. The number of nitrogens with one attached hydrogen (secondary N) is 2. The van der Waals surface area contributed by atoms with Gasteiger partial charge in [-0.1, -0.05) is 12.1 Å². The van der Waals surface area contributed by atoms with Gasteiger partial charge in [0.15, 0.2) is 5.82 Å². The SMILES string of the molecule is C=CCOCCCC(=O)Nc1n[nH]c(-c2ccccn2)n1. The number of aromatic amines is 1. The average molecular weight is 287 g/mol. The normalized spacial score (nSPS) is 10.3. The lowest BCUT2D eigenvalue weighted by Crippen LogP contribution is -2.13. The molecule has 0 radical (unpaired) electrons. The molecule has 7 nitrogen and oxygen atoms in total. The van der Waals surface area contributed by atoms with Crippen molar-refractivity contribution in [3.63, 3.8) is 0 Å². The summed E-state index contributed by atoms with van der Waals surface area (Å²) in [4.78, 5) is 20.0. The third-order valence-corrected chi connectivity index (χ3v) is 2.57. The summed E-state index contributed by atoms with van der Waals surface area (Å²) in [5.41, 5.74) is 0.670. The van der Waals surface area contributed by atoms with Crippen molar-refractivity contribution < 1.29 is 9.53 Å². The molecular weight excluding hydrogens is 270 g/mol. The van der Waals surface area contributed by atoms with E-state index in [9.17, 15) is 4.79 Å². The minimum Gasteiger partial charge on any atom is -0.377 e. The van der Waals surface area contributed by atoms with E-state index in [1.54, 1.807) is 12.3 Å². The van der Waals surface area contributed by atoms with E-state index in [4.69, 9.17) is 4.74 Å². The second-order valence-corrected chi connectivity index (χ2v) is 4.24. The zero-order valence-electron chi connectivity index (χ0n) is 11.6. The molecule has 2 N–H and O–H groups in total. The van der Waals surface area contributed by atoms with Gasteiger partial charge < -0.3 is 4.74 Å². The van der Waals surface area contributed by atoms with Crippen LogP contribution < -0.4 is 5.32 Å². The maximum atomic E-state index is 11.7. The summed E-state index contributed by atoms with van der Waals surface area (Å²) in [6.45, 7) is 4.56. The monoisotopic (exact) mass is 287 g/mol. The molecule has 0 fully saturated rings. The number of ether oxygens (including phenoxy) is 1. The van der Waals surface area contributed by atoms with Gasteiger partial charge in [0.1, 0.15) is 5.69 Å². The predicted octanol–water partition coefficient (Wildman–Crippen LogP) is 1.79. The van der Waals surface area contributed by atoms with Crippen molar-refractivity contribution in [2.75, 3.05) is 18.5 Å². The highest BCUT2D eigenvalue weighted by molar-refractivity contribution is 5.89. The number of aromatic nitrogens is 4. The van der Waals surface area contributed by atoms with Crippen LogP contribution in [-0.4, -0.2) is 39.3 Å². The van der Waals surface area contributed by atoms with Crippen molar-refractivity contribution in [3.8, 4) is 11.5 Å². The van der Waals surface area contributed by atoms with Gasteiger partial charge in [-0.15, -0.1) is 11.7 Å². The van der Waals surface area contributed by atoms with Gasteiger partial charge in [0.2, 0.25) is 11.9 Å². The Labute approximate surface area is 122 Å². The molecular formula is C14H17N5O2. The largest absolute Gasteiger partial charge is 0.377 e. The van der Waals surface area contributed by atoms with Crippen LogP contribution >= 0.6 is 0 Å². The molecule has 0 aliphatic rings. The fourth-order valence-corrected chi connectivity index (χ4v) is 1.62. The second kappa shape index (κ2) is 7.91. The van der Waals surface area contributed by atoms with Crippen molar-refractivity contribution >= 4 is 11.9 Å². The van der Waals surface area contributed by atoms with Gasteiger partial charge >= 0.3 is 0 Å². The smallest absolute Gasteiger partial charge is 0.249 e. The summed E-state index contributed by atoms with van der Waals surface area (Å²) in [7, 11) is 0. The molecule has 0 saturated heterocycles. The van der Waals surface area contributed by atoms with E-state index in [0.717, 1.165) is 0 Å². The van der Waals surface area contributed by atoms with E-state index in [-0.39, 0.29) is 11.9 Å². The van der Waals surface area contributed by atoms with Gasteiger partial charge in [-0.25, -0.2) is 0 Å². The van der Waals surface area contributed by atoms with E-state index < -0.39 is 0 Å². The molecule has 0 unspecified atom stereocenters. The number of rotatable bonds is 8. The van der Waals surface area contributed by atoms with Crippen LogP contribution in [0.15, 0.2) is 37.1 Å². The minimum absolute atomic E-state index is 0.149. The number of H-pyrrole nitrogens is 1. The molecule has 0 saturated carbocycles. The van der Waals surface area contributed by atoms with Crippen molar-refractivity contribution in [2.24, 2.45) is 0 Å². The van der Waals surface area contributed by atoms with Crippen LogP contribution in [0.1, 0.15) is 12.8 Å². The summed E-state index contributed by atoms with van der Waals surface area (Å²) in [5.74, 6) is 0.608. The third kappa shape index (κ3) is 4.81. The maximum Gasteiger partial charge on any atom is 0.249 e. The van der Waals surface area contributed by atoms with Crippen LogP contribution in [0, 0.1) is 0 Å². The minimum atomic E-state index is -0.149. The lowest BCUT2D eigenvalue weighted by atomic mass is 10.3. The second-order valence-electron chi connectivity index (χ2n) is 4.24. The molecule has 0 atom stereocenters. The molecule has 0 aromatic carbocycles. The number of hydrogen-bond acceptors (Lipinski definition) is 5. The molecule has 0 aliphatic heterocycles. The lowest BCUT2D eigenvalue weighted by Gasteiger charge is -2.01. The lowest BCUT2D eigenvalue weighted by molar-refractivity contribution is -0.116. The summed E-state index contributed by atoms with van der Waals surface area (Å²) in [6.07, 6.45) is 4.33. The first-order chi connectivity index (χ1) is 10.3. The Hall–Kier alpha value is -2.54. The van der Waals surface area contributed by atoms with Crippen molar-refractivity contribution in [1.29, 1.82) is 0 Å². The van der Waals surface area contributed by atoms with Gasteiger partial charge in [0.25, 0.3) is 0 Å². The summed E-state index contributed by atoms with van der Waals surface area (Å²) < 4.78 is 5.20. The Morgan fingerprint density at radius 3 is 3.14 bits per heavy atom. The number of pyridine rings is 1. The summed E-state index contributed by atoms with van der Waals surface area (Å²) in [6, 6.07) is 5.48. The Morgan fingerprint density at radius 2 is 2.38 bits per heavy atom. The van der Waals surface area contributed by atoms with Gasteiger partial charge in [0.05, 0.1) is 6.61 Å². The third-order valence-electron chi connectivity index (χ3n) is 2.57. The van der Waals surface area contributed by atoms with Gasteiger partial charge in [-0.3, -0.25) is 20.2 Å². The molecule has 7 heteroatoms. The number of anilines is 1. The summed E-state index contributed by atoms with van der Waals surface area (Å²) >= 11 is 0. The van der Waals surface area contributed by atoms with E-state index in [2.05, 4.69) is 32.1 Å². The summed E-state index contributed by atoms with van der Waals surface area (Å²) in [5, 5.41) is 9.30. The number of nitrogens with zero attached hydrogens (tertiary/aromatic N) is 3. The molecule has 0 bridgehead atoms. The number of carbonyl (C=O) groups is 1. The Morgan fingerprint density at radius 1 is 1.48 bits per heavy atom. The quantitative estimate of drug-likeness (QED) is 0.570. The fraction of sp³-hybridized carbons (Fsp3) is 0.286. The molecule has 110 valence electrons. The van der Waals surface area contributed by atoms with Gasteiger partial charge in [-0.2, -0.15) is 4.98 Å². The van der Waals surface area contributed by atoms with Crippen molar-refractivity contribution in [2.45, 2.75) is 12.8 Å². The molecule has 0 spiro atoms. The first-order valence-electron chi connectivity index (χ1n) is 6.62. The van der Waals surface area contributed by atoms with E-state index in [1.165, 1.54) is 0 Å². The highest BCUT2D eigenvalue weighted by atomic mass is 16.5. The van der Waals surface area contributed by atoms with Crippen LogP contribution in [0.25, 0.3) is 11.5 Å². The molecule has 2 aromatic rings. The van der Waals surface area contributed by atoms with Crippen LogP contribution in [0.5, 0.6) is 0 Å². The zero-order chi connectivity index (χ0) is 14.9. The zero-order valence-corrected chi connectivity index (χ0v) is 11.6. The molecule has 2 rings (SSSR count). The molecule has 1 amide bonds. The highest BCUT2D eigenvalue weighted by Gasteiger charge is 2.09. The van der Waals surface area contributed by atoms with Gasteiger partial charge in [0, 0.05) is 19.2 Å². The molecule has 2 heterocycles. The standard InChI is InChI=1S/C14H17N5O2/c1-2-9-21-10-5-7-12(20)16-14-17-13(18-19-14)11-6-3-4-8-15-11/h2-4,6,8H,1,5,7,9-10H2,(H2,16,17,18,19,20). The van der Waals surface area contributed by atoms with E-state index >= 15 is 0 Å². The van der Waals surface area contributed by atoms with Crippen LogP contribution in [0.4, 0.5) is 5.95 Å². The molecule has 0 aliphatic carbocycles. The Bertz CT molecular complexity index is 582. The Balaban J connectivity index is 1.80. The van der Waals surface area contributed by atoms with Crippen LogP contribution in [-0.2, 0) is 9.53 Å². The first kappa shape index (κ1) is 14.9. The first-order valence-corrected chi connectivity index (χ1v) is 6.62. The number of carbonyl (C=O) groups excluding carboxylic acids is 1. The fourth-order valence-electron chi connectivity index (χ4n) is 1.62. The van der Waals surface area contributed by atoms with Gasteiger partial charge in [-0.05, 0) is 18.6 Å². The van der Waals surface area contributed by atoms with Crippen molar-refractivity contribution in [3.05, 3.63) is 37.1 Å². The highest BCUT2D eigenvalue weighted by Crippen LogP contribution is 2.12. The predicted molar refractivity (Wildman–Crippen MR) is 78.5 cm³/mol. The topological polar surface area (TPSA) is 92.8 Å². The molecule has 2 aromatic heterocycles. The van der Waals surface area contributed by atoms with Crippen LogP contribution in [0.2, 0.25) is 0 Å². The maximum absolute atomic E-state index is 11.7. The number of amides is 1. The van der Waals surface area contributed by atoms with Crippen molar-refractivity contribution in [1.82, 2.24) is 20.2 Å².